The summed E-state index contributed by atoms with van der Waals surface area (Å²) in [6.07, 6.45) is 10.5. The van der Waals surface area contributed by atoms with Crippen LogP contribution in [-0.4, -0.2) is 43.6 Å². The van der Waals surface area contributed by atoms with Crippen LogP contribution in [0.2, 0.25) is 0 Å². The second-order valence-corrected chi connectivity index (χ2v) is 7.46. The van der Waals surface area contributed by atoms with E-state index >= 15 is 0 Å². The van der Waals surface area contributed by atoms with Crippen molar-refractivity contribution >= 4 is 5.91 Å². The van der Waals surface area contributed by atoms with Gasteiger partial charge < -0.3 is 9.47 Å². The Morgan fingerprint density at radius 1 is 1.40 bits per heavy atom. The van der Waals surface area contributed by atoms with E-state index in [9.17, 15) is 4.79 Å². The normalized spacial score (nSPS) is 21.5. The fourth-order valence-electron chi connectivity index (χ4n) is 4.39. The molecule has 1 aliphatic heterocycles. The highest BCUT2D eigenvalue weighted by molar-refractivity contribution is 5.79. The highest BCUT2D eigenvalue weighted by Gasteiger charge is 2.53. The molecule has 4 rings (SSSR count). The summed E-state index contributed by atoms with van der Waals surface area (Å²) in [5.41, 5.74) is 1.19. The molecule has 1 saturated carbocycles. The highest BCUT2D eigenvalue weighted by Crippen LogP contribution is 2.55. The Labute approximate surface area is 148 Å². The zero-order valence-electron chi connectivity index (χ0n) is 14.8. The number of hydrogen-bond acceptors (Lipinski definition) is 4. The highest BCUT2D eigenvalue weighted by atomic mass is 16.2. The molecule has 2 aromatic rings. The monoisotopic (exact) mass is 339 g/mol. The van der Waals surface area contributed by atoms with E-state index in [4.69, 9.17) is 0 Å². The van der Waals surface area contributed by atoms with E-state index in [0.29, 0.717) is 12.3 Å². The Morgan fingerprint density at radius 2 is 2.28 bits per heavy atom. The summed E-state index contributed by atoms with van der Waals surface area (Å²) in [6, 6.07) is 3.85. The van der Waals surface area contributed by atoms with Crippen LogP contribution in [0.25, 0.3) is 0 Å². The van der Waals surface area contributed by atoms with Gasteiger partial charge in [-0.3, -0.25) is 9.78 Å². The van der Waals surface area contributed by atoms with E-state index in [2.05, 4.69) is 26.7 Å². The van der Waals surface area contributed by atoms with Gasteiger partial charge in [0.05, 0.1) is 6.42 Å². The number of pyridine rings is 1. The van der Waals surface area contributed by atoms with Crippen molar-refractivity contribution < 1.29 is 4.79 Å². The molecule has 2 aliphatic rings. The lowest BCUT2D eigenvalue weighted by Crippen LogP contribution is -2.38. The van der Waals surface area contributed by atoms with E-state index in [-0.39, 0.29) is 11.3 Å². The van der Waals surface area contributed by atoms with Gasteiger partial charge in [0.2, 0.25) is 5.91 Å². The molecule has 0 bridgehead atoms. The quantitative estimate of drug-likeness (QED) is 0.839. The molecule has 25 heavy (non-hydrogen) atoms. The van der Waals surface area contributed by atoms with Crippen LogP contribution in [0, 0.1) is 5.41 Å². The van der Waals surface area contributed by atoms with Gasteiger partial charge in [0, 0.05) is 37.9 Å². The second-order valence-electron chi connectivity index (χ2n) is 7.46. The maximum absolute atomic E-state index is 12.8. The number of aryl methyl sites for hydroxylation is 1. The van der Waals surface area contributed by atoms with Crippen molar-refractivity contribution in [2.24, 2.45) is 5.41 Å². The predicted octanol–water partition coefficient (Wildman–Crippen LogP) is 2.42. The molecule has 6 nitrogen and oxygen atoms in total. The first-order valence-corrected chi connectivity index (χ1v) is 9.26. The van der Waals surface area contributed by atoms with Crippen LogP contribution in [0.1, 0.15) is 49.9 Å². The molecular formula is C19H25N5O. The molecule has 1 unspecified atom stereocenters. The molecule has 0 radical (unpaired) electrons. The predicted molar refractivity (Wildman–Crippen MR) is 93.9 cm³/mol. The van der Waals surface area contributed by atoms with E-state index in [0.717, 1.165) is 37.4 Å². The maximum atomic E-state index is 12.8. The van der Waals surface area contributed by atoms with Crippen molar-refractivity contribution in [1.29, 1.82) is 0 Å². The maximum Gasteiger partial charge on any atom is 0.227 e. The first-order valence-electron chi connectivity index (χ1n) is 9.26. The van der Waals surface area contributed by atoms with Gasteiger partial charge in [-0.15, -0.1) is 10.2 Å². The fourth-order valence-corrected chi connectivity index (χ4v) is 4.39. The Bertz CT molecular complexity index is 737. The van der Waals surface area contributed by atoms with Crippen LogP contribution in [-0.2, 0) is 17.8 Å². The summed E-state index contributed by atoms with van der Waals surface area (Å²) >= 11 is 0. The number of hydrogen-bond donors (Lipinski definition) is 0. The topological polar surface area (TPSA) is 63.9 Å². The lowest BCUT2D eigenvalue weighted by atomic mass is 9.62. The molecule has 1 saturated heterocycles. The fraction of sp³-hybridized carbons (Fsp3) is 0.579. The summed E-state index contributed by atoms with van der Waals surface area (Å²) in [7, 11) is 0. The van der Waals surface area contributed by atoms with Crippen LogP contribution < -0.4 is 0 Å². The van der Waals surface area contributed by atoms with E-state index in [1.807, 2.05) is 23.4 Å². The molecule has 0 aromatic carbocycles. The Kier molecular flexibility index (Phi) is 4.27. The molecule has 6 heteroatoms. The van der Waals surface area contributed by atoms with E-state index in [1.165, 1.54) is 19.3 Å². The molecule has 1 amide bonds. The third-order valence-corrected chi connectivity index (χ3v) is 5.85. The molecular weight excluding hydrogens is 314 g/mol. The first-order chi connectivity index (χ1) is 12.2. The van der Waals surface area contributed by atoms with Gasteiger partial charge in [-0.05, 0) is 36.3 Å². The van der Waals surface area contributed by atoms with Crippen molar-refractivity contribution in [2.45, 2.75) is 51.5 Å². The smallest absolute Gasteiger partial charge is 0.227 e. The Balaban J connectivity index is 1.53. The summed E-state index contributed by atoms with van der Waals surface area (Å²) in [5, 5.41) is 8.59. The van der Waals surface area contributed by atoms with Crippen LogP contribution in [0.5, 0.6) is 0 Å². The number of likely N-dealkylation sites (tertiary alicyclic amines) is 1. The second kappa shape index (κ2) is 6.58. The van der Waals surface area contributed by atoms with Crippen LogP contribution >= 0.6 is 0 Å². The summed E-state index contributed by atoms with van der Waals surface area (Å²) in [6.45, 7) is 4.73. The minimum atomic E-state index is 0.198. The standard InChI is InChI=1S/C19H25N5O/c1-2-9-23-14-21-22-18(23)16-12-24(13-19(16)6-4-7-19)17(25)10-15-5-3-8-20-11-15/h3,5,8,11,14,16H,2,4,6-7,9-10,12-13H2,1H3. The van der Waals surface area contributed by atoms with Gasteiger partial charge in [0.15, 0.2) is 0 Å². The van der Waals surface area contributed by atoms with Crippen molar-refractivity contribution in [1.82, 2.24) is 24.6 Å². The zero-order chi connectivity index (χ0) is 17.3. The Hall–Kier alpha value is -2.24. The molecule has 2 aromatic heterocycles. The van der Waals surface area contributed by atoms with Crippen molar-refractivity contribution in [2.75, 3.05) is 13.1 Å². The number of amides is 1. The third kappa shape index (κ3) is 2.94. The molecule has 2 fully saturated rings. The molecule has 132 valence electrons. The molecule has 1 spiro atoms. The van der Waals surface area contributed by atoms with Gasteiger partial charge in [0.25, 0.3) is 0 Å². The minimum absolute atomic E-state index is 0.198. The van der Waals surface area contributed by atoms with Crippen LogP contribution in [0.3, 0.4) is 0 Å². The molecule has 1 aliphatic carbocycles. The van der Waals surface area contributed by atoms with Crippen molar-refractivity contribution in [3.05, 3.63) is 42.2 Å². The summed E-state index contributed by atoms with van der Waals surface area (Å²) < 4.78 is 2.18. The van der Waals surface area contributed by atoms with Crippen molar-refractivity contribution in [3.63, 3.8) is 0 Å². The molecule has 1 atom stereocenters. The Morgan fingerprint density at radius 3 is 2.96 bits per heavy atom. The van der Waals surface area contributed by atoms with Crippen LogP contribution in [0.4, 0.5) is 0 Å². The largest absolute Gasteiger partial charge is 0.341 e. The van der Waals surface area contributed by atoms with Crippen LogP contribution in [0.15, 0.2) is 30.9 Å². The molecule has 3 heterocycles. The van der Waals surface area contributed by atoms with Gasteiger partial charge >= 0.3 is 0 Å². The summed E-state index contributed by atoms with van der Waals surface area (Å²) in [4.78, 5) is 19.0. The number of aromatic nitrogens is 4. The molecule has 0 N–H and O–H groups in total. The van der Waals surface area contributed by atoms with Crippen molar-refractivity contribution in [3.8, 4) is 0 Å². The van der Waals surface area contributed by atoms with Gasteiger partial charge in [-0.25, -0.2) is 0 Å². The minimum Gasteiger partial charge on any atom is -0.341 e. The zero-order valence-corrected chi connectivity index (χ0v) is 14.8. The number of rotatable bonds is 5. The first kappa shape index (κ1) is 16.2. The number of carbonyl (C=O) groups is 1. The third-order valence-electron chi connectivity index (χ3n) is 5.85. The number of carbonyl (C=O) groups excluding carboxylic acids is 1. The van der Waals surface area contributed by atoms with E-state index < -0.39 is 0 Å². The lowest BCUT2D eigenvalue weighted by Gasteiger charge is -2.42. The summed E-state index contributed by atoms with van der Waals surface area (Å²) in [5.74, 6) is 1.58. The average molecular weight is 339 g/mol. The SMILES string of the molecule is CCCn1cnnc1C1CN(C(=O)Cc2cccnc2)CC12CCC2. The van der Waals surface area contributed by atoms with Gasteiger partial charge in [0.1, 0.15) is 12.2 Å². The lowest BCUT2D eigenvalue weighted by molar-refractivity contribution is -0.130. The van der Waals surface area contributed by atoms with Gasteiger partial charge in [-0.1, -0.05) is 19.4 Å². The number of nitrogens with zero attached hydrogens (tertiary/aromatic N) is 5. The van der Waals surface area contributed by atoms with Gasteiger partial charge in [-0.2, -0.15) is 0 Å². The van der Waals surface area contributed by atoms with E-state index in [1.54, 1.807) is 12.4 Å². The average Bonchev–Trinajstić information content (AvgIpc) is 3.19.